The van der Waals surface area contributed by atoms with Gasteiger partial charge in [0.1, 0.15) is 0 Å². The maximum atomic E-state index is 5.46. The van der Waals surface area contributed by atoms with E-state index in [4.69, 9.17) is 5.73 Å². The highest BCUT2D eigenvalue weighted by Gasteiger charge is 2.00. The molecule has 0 radical (unpaired) electrons. The van der Waals surface area contributed by atoms with Crippen LogP contribution in [0.2, 0.25) is 0 Å². The fourth-order valence-corrected chi connectivity index (χ4v) is 2.57. The SMILES string of the molecule is CN(C)Cc1ccc(CCCCN)s1. The Hall–Kier alpha value is -0.380. The van der Waals surface area contributed by atoms with Crippen molar-refractivity contribution in [2.45, 2.75) is 25.8 Å². The van der Waals surface area contributed by atoms with E-state index >= 15 is 0 Å². The Morgan fingerprint density at radius 1 is 1.21 bits per heavy atom. The molecule has 2 N–H and O–H groups in total. The zero-order valence-corrected chi connectivity index (χ0v) is 9.94. The number of hydrogen-bond donors (Lipinski definition) is 1. The summed E-state index contributed by atoms with van der Waals surface area (Å²) in [5.74, 6) is 0. The van der Waals surface area contributed by atoms with Crippen molar-refractivity contribution < 1.29 is 0 Å². The molecule has 0 aliphatic heterocycles. The normalized spacial score (nSPS) is 11.1. The number of nitrogens with zero attached hydrogens (tertiary/aromatic N) is 1. The summed E-state index contributed by atoms with van der Waals surface area (Å²) in [5, 5.41) is 0. The molecule has 0 amide bonds. The molecule has 3 heteroatoms. The molecule has 0 aromatic carbocycles. The molecule has 0 saturated carbocycles. The third-order valence-electron chi connectivity index (χ3n) is 2.07. The summed E-state index contributed by atoms with van der Waals surface area (Å²) in [7, 11) is 4.21. The fourth-order valence-electron chi connectivity index (χ4n) is 1.40. The molecular weight excluding hydrogens is 192 g/mol. The van der Waals surface area contributed by atoms with Gasteiger partial charge in [-0.05, 0) is 52.0 Å². The number of hydrogen-bond acceptors (Lipinski definition) is 3. The van der Waals surface area contributed by atoms with Crippen molar-refractivity contribution in [1.82, 2.24) is 4.90 Å². The van der Waals surface area contributed by atoms with Crippen molar-refractivity contribution in [2.75, 3.05) is 20.6 Å². The predicted octanol–water partition coefficient (Wildman–Crippen LogP) is 2.09. The Bertz CT molecular complexity index is 256. The summed E-state index contributed by atoms with van der Waals surface area (Å²) in [4.78, 5) is 5.16. The molecule has 0 aliphatic rings. The lowest BCUT2D eigenvalue weighted by Gasteiger charge is -2.05. The molecule has 1 heterocycles. The highest BCUT2D eigenvalue weighted by molar-refractivity contribution is 7.11. The first kappa shape index (κ1) is 11.7. The lowest BCUT2D eigenvalue weighted by molar-refractivity contribution is 0.406. The second-order valence-electron chi connectivity index (χ2n) is 3.85. The lowest BCUT2D eigenvalue weighted by Crippen LogP contribution is -2.09. The topological polar surface area (TPSA) is 29.3 Å². The van der Waals surface area contributed by atoms with Crippen LogP contribution in [-0.4, -0.2) is 25.5 Å². The fraction of sp³-hybridized carbons (Fsp3) is 0.636. The average Bonchev–Trinajstić information content (AvgIpc) is 2.52. The quantitative estimate of drug-likeness (QED) is 0.732. The first-order chi connectivity index (χ1) is 6.72. The van der Waals surface area contributed by atoms with E-state index in [0.29, 0.717) is 0 Å². The molecule has 0 spiro atoms. The maximum absolute atomic E-state index is 5.46. The predicted molar refractivity (Wildman–Crippen MR) is 63.7 cm³/mol. The molecule has 0 fully saturated rings. The van der Waals surface area contributed by atoms with Crippen LogP contribution in [0.5, 0.6) is 0 Å². The zero-order valence-electron chi connectivity index (χ0n) is 9.12. The van der Waals surface area contributed by atoms with Gasteiger partial charge in [0.05, 0.1) is 0 Å². The second kappa shape index (κ2) is 6.17. The molecule has 0 saturated heterocycles. The Labute approximate surface area is 90.7 Å². The molecule has 0 aliphatic carbocycles. The van der Waals surface area contributed by atoms with Crippen molar-refractivity contribution in [2.24, 2.45) is 5.73 Å². The average molecular weight is 212 g/mol. The molecular formula is C11H20N2S. The van der Waals surface area contributed by atoms with Crippen molar-refractivity contribution >= 4 is 11.3 Å². The van der Waals surface area contributed by atoms with Crippen molar-refractivity contribution in [3.63, 3.8) is 0 Å². The van der Waals surface area contributed by atoms with Crippen LogP contribution < -0.4 is 5.73 Å². The van der Waals surface area contributed by atoms with Gasteiger partial charge in [-0.2, -0.15) is 0 Å². The Balaban J connectivity index is 2.35. The van der Waals surface area contributed by atoms with Crippen LogP contribution in [0.1, 0.15) is 22.6 Å². The summed E-state index contributed by atoms with van der Waals surface area (Å²) in [5.41, 5.74) is 5.46. The van der Waals surface area contributed by atoms with E-state index in [1.807, 2.05) is 11.3 Å². The number of rotatable bonds is 6. The first-order valence-electron chi connectivity index (χ1n) is 5.14. The van der Waals surface area contributed by atoms with Crippen molar-refractivity contribution in [3.8, 4) is 0 Å². The lowest BCUT2D eigenvalue weighted by atomic mass is 10.2. The zero-order chi connectivity index (χ0) is 10.4. The number of nitrogens with two attached hydrogens (primary N) is 1. The van der Waals surface area contributed by atoms with Gasteiger partial charge in [0, 0.05) is 16.3 Å². The van der Waals surface area contributed by atoms with Gasteiger partial charge >= 0.3 is 0 Å². The molecule has 1 aromatic rings. The van der Waals surface area contributed by atoms with Gasteiger partial charge in [0.2, 0.25) is 0 Å². The monoisotopic (exact) mass is 212 g/mol. The molecule has 1 rings (SSSR count). The molecule has 80 valence electrons. The second-order valence-corrected chi connectivity index (χ2v) is 5.10. The van der Waals surface area contributed by atoms with Gasteiger partial charge in [-0.25, -0.2) is 0 Å². The third-order valence-corrected chi connectivity index (χ3v) is 3.20. The molecule has 0 atom stereocenters. The highest BCUT2D eigenvalue weighted by atomic mass is 32.1. The number of aryl methyl sites for hydroxylation is 1. The number of thiophene rings is 1. The summed E-state index contributed by atoms with van der Waals surface area (Å²) < 4.78 is 0. The van der Waals surface area contributed by atoms with E-state index in [-0.39, 0.29) is 0 Å². The Morgan fingerprint density at radius 2 is 1.93 bits per heavy atom. The minimum Gasteiger partial charge on any atom is -0.330 e. The summed E-state index contributed by atoms with van der Waals surface area (Å²) in [6, 6.07) is 4.49. The van der Waals surface area contributed by atoms with Crippen LogP contribution in [0.25, 0.3) is 0 Å². The minimum atomic E-state index is 0.815. The highest BCUT2D eigenvalue weighted by Crippen LogP contribution is 2.19. The van der Waals surface area contributed by atoms with Crippen molar-refractivity contribution in [3.05, 3.63) is 21.9 Å². The van der Waals surface area contributed by atoms with Crippen LogP contribution in [0.4, 0.5) is 0 Å². The van der Waals surface area contributed by atoms with E-state index in [9.17, 15) is 0 Å². The van der Waals surface area contributed by atoms with Crippen LogP contribution in [0, 0.1) is 0 Å². The van der Waals surface area contributed by atoms with Gasteiger partial charge in [0.15, 0.2) is 0 Å². The van der Waals surface area contributed by atoms with Gasteiger partial charge in [0.25, 0.3) is 0 Å². The standard InChI is InChI=1S/C11H20N2S/c1-13(2)9-11-7-6-10(14-11)5-3-4-8-12/h6-7H,3-5,8-9,12H2,1-2H3. The van der Waals surface area contributed by atoms with E-state index in [0.717, 1.165) is 19.5 Å². The molecule has 0 unspecified atom stereocenters. The van der Waals surface area contributed by atoms with Gasteiger partial charge in [-0.3, -0.25) is 0 Å². The molecule has 0 bridgehead atoms. The van der Waals surface area contributed by atoms with E-state index < -0.39 is 0 Å². The first-order valence-corrected chi connectivity index (χ1v) is 5.96. The molecule has 1 aromatic heterocycles. The van der Waals surface area contributed by atoms with Crippen molar-refractivity contribution in [1.29, 1.82) is 0 Å². The van der Waals surface area contributed by atoms with Gasteiger partial charge < -0.3 is 10.6 Å². The maximum Gasteiger partial charge on any atom is 0.0321 e. The minimum absolute atomic E-state index is 0.815. The van der Waals surface area contributed by atoms with E-state index in [1.165, 1.54) is 22.6 Å². The van der Waals surface area contributed by atoms with Crippen LogP contribution in [0.15, 0.2) is 12.1 Å². The third kappa shape index (κ3) is 4.22. The Kier molecular flexibility index (Phi) is 5.15. The van der Waals surface area contributed by atoms with Gasteiger partial charge in [-0.1, -0.05) is 0 Å². The smallest absolute Gasteiger partial charge is 0.0321 e. The summed E-state index contributed by atoms with van der Waals surface area (Å²) in [6.45, 7) is 1.87. The Morgan fingerprint density at radius 3 is 2.57 bits per heavy atom. The van der Waals surface area contributed by atoms with Crippen LogP contribution in [-0.2, 0) is 13.0 Å². The van der Waals surface area contributed by atoms with E-state index in [2.05, 4.69) is 31.1 Å². The van der Waals surface area contributed by atoms with Gasteiger partial charge in [-0.15, -0.1) is 11.3 Å². The van der Waals surface area contributed by atoms with Crippen LogP contribution >= 0.6 is 11.3 Å². The largest absolute Gasteiger partial charge is 0.330 e. The number of unbranched alkanes of at least 4 members (excludes halogenated alkanes) is 1. The van der Waals surface area contributed by atoms with E-state index in [1.54, 1.807) is 0 Å². The van der Waals surface area contributed by atoms with Crippen LogP contribution in [0.3, 0.4) is 0 Å². The molecule has 2 nitrogen and oxygen atoms in total. The summed E-state index contributed by atoms with van der Waals surface area (Å²) in [6.07, 6.45) is 3.55. The molecule has 14 heavy (non-hydrogen) atoms. The summed E-state index contributed by atoms with van der Waals surface area (Å²) >= 11 is 1.93.